The highest BCUT2D eigenvalue weighted by Crippen LogP contribution is 2.31. The zero-order valence-corrected chi connectivity index (χ0v) is 14.2. The molecule has 0 saturated heterocycles. The number of anilines is 1. The summed E-state index contributed by atoms with van der Waals surface area (Å²) in [5.74, 6) is -1.70. The van der Waals surface area contributed by atoms with Gasteiger partial charge in [0.2, 0.25) is 0 Å². The number of esters is 2. The number of nitrogens with zero attached hydrogens (tertiary/aromatic N) is 1. The van der Waals surface area contributed by atoms with Gasteiger partial charge in [0.05, 0.1) is 25.5 Å². The van der Waals surface area contributed by atoms with Crippen molar-refractivity contribution in [1.82, 2.24) is 0 Å². The van der Waals surface area contributed by atoms with E-state index in [9.17, 15) is 22.6 Å². The molecule has 0 amide bonds. The summed E-state index contributed by atoms with van der Waals surface area (Å²) in [7, 11) is -2.31. The highest BCUT2D eigenvalue weighted by molar-refractivity contribution is 7.86. The minimum absolute atomic E-state index is 0.0354. The number of methoxy groups -OCH3 is 2. The smallest absolute Gasteiger partial charge is 0.355 e. The van der Waals surface area contributed by atoms with Crippen LogP contribution in [0.25, 0.3) is 0 Å². The maximum Gasteiger partial charge on any atom is 0.355 e. The molecule has 0 radical (unpaired) electrons. The highest BCUT2D eigenvalue weighted by Gasteiger charge is 2.30. The van der Waals surface area contributed by atoms with Crippen LogP contribution in [-0.2, 0) is 29.2 Å². The molecule has 2 rings (SSSR count). The minimum Gasteiger partial charge on any atom is -0.465 e. The van der Waals surface area contributed by atoms with Gasteiger partial charge >= 0.3 is 11.9 Å². The van der Waals surface area contributed by atoms with E-state index in [1.807, 2.05) is 0 Å². The zero-order valence-electron chi connectivity index (χ0n) is 13.4. The summed E-state index contributed by atoms with van der Waals surface area (Å²) in [5.41, 5.74) is -0.424. The number of hydrogen-bond acceptors (Lipinski definition) is 7. The molecule has 0 aliphatic carbocycles. The van der Waals surface area contributed by atoms with E-state index >= 15 is 0 Å². The maximum atomic E-state index is 12.3. The SMILES string of the molecule is COC(=O)C1=C(C(=O)OC)N(c2ccccc2S(=O)(=O)O)C=CC=C1. The Morgan fingerprint density at radius 1 is 1.04 bits per heavy atom. The van der Waals surface area contributed by atoms with Gasteiger partial charge in [0.1, 0.15) is 10.6 Å². The molecule has 132 valence electrons. The van der Waals surface area contributed by atoms with Gasteiger partial charge in [-0.15, -0.1) is 0 Å². The second kappa shape index (κ2) is 7.32. The summed E-state index contributed by atoms with van der Waals surface area (Å²) in [4.78, 5) is 25.0. The summed E-state index contributed by atoms with van der Waals surface area (Å²) in [6, 6.07) is 5.47. The first-order valence-electron chi connectivity index (χ1n) is 6.92. The first-order valence-corrected chi connectivity index (χ1v) is 8.36. The van der Waals surface area contributed by atoms with E-state index in [1.165, 1.54) is 48.7 Å². The molecule has 1 aliphatic rings. The van der Waals surface area contributed by atoms with Crippen LogP contribution in [0.3, 0.4) is 0 Å². The van der Waals surface area contributed by atoms with Crippen LogP contribution in [0.2, 0.25) is 0 Å². The Hall–Kier alpha value is -2.91. The molecule has 0 spiro atoms. The lowest BCUT2D eigenvalue weighted by molar-refractivity contribution is -0.139. The van der Waals surface area contributed by atoms with E-state index in [2.05, 4.69) is 4.74 Å². The number of para-hydroxylation sites is 1. The van der Waals surface area contributed by atoms with Gasteiger partial charge in [0.25, 0.3) is 10.1 Å². The molecule has 0 aromatic heterocycles. The molecule has 1 aromatic rings. The van der Waals surface area contributed by atoms with Gasteiger partial charge in [-0.3, -0.25) is 4.55 Å². The Morgan fingerprint density at radius 3 is 2.28 bits per heavy atom. The molecule has 0 saturated carbocycles. The third-order valence-electron chi connectivity index (χ3n) is 3.29. The van der Waals surface area contributed by atoms with Crippen LogP contribution < -0.4 is 4.90 Å². The van der Waals surface area contributed by atoms with Gasteiger partial charge in [0, 0.05) is 6.20 Å². The minimum atomic E-state index is -4.58. The predicted octanol–water partition coefficient (Wildman–Crippen LogP) is 1.42. The van der Waals surface area contributed by atoms with Crippen molar-refractivity contribution in [1.29, 1.82) is 0 Å². The van der Waals surface area contributed by atoms with Crippen molar-refractivity contribution in [2.45, 2.75) is 4.90 Å². The molecule has 8 nitrogen and oxygen atoms in total. The number of ether oxygens (including phenoxy) is 2. The summed E-state index contributed by atoms with van der Waals surface area (Å²) < 4.78 is 42.2. The Kier molecular flexibility index (Phi) is 5.40. The number of allylic oxidation sites excluding steroid dienone is 2. The van der Waals surface area contributed by atoms with Gasteiger partial charge in [0.15, 0.2) is 0 Å². The average Bonchev–Trinajstić information content (AvgIpc) is 2.82. The summed E-state index contributed by atoms with van der Waals surface area (Å²) in [5, 5.41) is 0. The molecular weight excluding hydrogens is 350 g/mol. The fourth-order valence-corrected chi connectivity index (χ4v) is 2.91. The van der Waals surface area contributed by atoms with Crippen LogP contribution >= 0.6 is 0 Å². The molecule has 1 heterocycles. The van der Waals surface area contributed by atoms with Gasteiger partial charge in [-0.05, 0) is 24.3 Å². The third kappa shape index (κ3) is 3.78. The predicted molar refractivity (Wildman–Crippen MR) is 88.1 cm³/mol. The summed E-state index contributed by atoms with van der Waals surface area (Å²) in [6.45, 7) is 0. The van der Waals surface area contributed by atoms with Crippen LogP contribution in [0, 0.1) is 0 Å². The van der Waals surface area contributed by atoms with Gasteiger partial charge in [-0.25, -0.2) is 9.59 Å². The molecule has 1 aromatic carbocycles. The molecule has 25 heavy (non-hydrogen) atoms. The first-order chi connectivity index (χ1) is 11.8. The van der Waals surface area contributed by atoms with Crippen LogP contribution in [0.15, 0.2) is 64.9 Å². The molecule has 0 unspecified atom stereocenters. The van der Waals surface area contributed by atoms with E-state index in [0.717, 1.165) is 19.1 Å². The Labute approximate surface area is 144 Å². The first kappa shape index (κ1) is 18.4. The topological polar surface area (TPSA) is 110 Å². The van der Waals surface area contributed by atoms with E-state index in [1.54, 1.807) is 0 Å². The number of hydrogen-bond donors (Lipinski definition) is 1. The van der Waals surface area contributed by atoms with Gasteiger partial charge in [-0.1, -0.05) is 18.2 Å². The quantitative estimate of drug-likeness (QED) is 0.630. The lowest BCUT2D eigenvalue weighted by atomic mass is 10.1. The fraction of sp³-hybridized carbons (Fsp3) is 0.125. The van der Waals surface area contributed by atoms with Crippen molar-refractivity contribution >= 4 is 27.7 Å². The Bertz CT molecular complexity index is 897. The van der Waals surface area contributed by atoms with Crippen LogP contribution in [0.5, 0.6) is 0 Å². The number of carbonyl (C=O) groups excluding carboxylic acids is 2. The van der Waals surface area contributed by atoms with Crippen LogP contribution in [0.4, 0.5) is 5.69 Å². The van der Waals surface area contributed by atoms with Crippen molar-refractivity contribution in [3.05, 3.63) is 60.0 Å². The molecule has 0 atom stereocenters. The molecule has 1 aliphatic heterocycles. The maximum absolute atomic E-state index is 12.3. The van der Waals surface area contributed by atoms with Crippen molar-refractivity contribution in [2.75, 3.05) is 19.1 Å². The van der Waals surface area contributed by atoms with Crippen molar-refractivity contribution in [3.8, 4) is 0 Å². The molecule has 0 bridgehead atoms. The van der Waals surface area contributed by atoms with Crippen LogP contribution in [-0.4, -0.2) is 39.1 Å². The zero-order chi connectivity index (χ0) is 18.6. The van der Waals surface area contributed by atoms with Crippen molar-refractivity contribution < 1.29 is 32.0 Å². The van der Waals surface area contributed by atoms with Crippen molar-refractivity contribution in [2.24, 2.45) is 0 Å². The molecular formula is C16H15NO7S. The van der Waals surface area contributed by atoms with E-state index < -0.39 is 27.0 Å². The average molecular weight is 365 g/mol. The monoisotopic (exact) mass is 365 g/mol. The standard InChI is InChI=1S/C16H15NO7S/c1-23-15(18)11-7-5-6-10-17(14(11)16(19)24-2)12-8-3-4-9-13(12)25(20,21)22/h3-10H,1-2H3,(H,20,21,22). The Balaban J connectivity index is 2.79. The highest BCUT2D eigenvalue weighted by atomic mass is 32.2. The number of benzene rings is 1. The van der Waals surface area contributed by atoms with Gasteiger partial charge < -0.3 is 14.4 Å². The lowest BCUT2D eigenvalue weighted by Gasteiger charge is -2.24. The molecule has 1 N–H and O–H groups in total. The Morgan fingerprint density at radius 2 is 1.68 bits per heavy atom. The van der Waals surface area contributed by atoms with E-state index in [-0.39, 0.29) is 17.0 Å². The van der Waals surface area contributed by atoms with Gasteiger partial charge in [-0.2, -0.15) is 8.42 Å². The lowest BCUT2D eigenvalue weighted by Crippen LogP contribution is -2.28. The number of carbonyl (C=O) groups is 2. The molecule has 0 fully saturated rings. The van der Waals surface area contributed by atoms with Crippen LogP contribution in [0.1, 0.15) is 0 Å². The summed E-state index contributed by atoms with van der Waals surface area (Å²) >= 11 is 0. The fourth-order valence-electron chi connectivity index (χ4n) is 2.23. The third-order valence-corrected chi connectivity index (χ3v) is 4.19. The van der Waals surface area contributed by atoms with E-state index in [4.69, 9.17) is 4.74 Å². The second-order valence-corrected chi connectivity index (χ2v) is 6.15. The number of rotatable bonds is 4. The molecule has 9 heteroatoms. The van der Waals surface area contributed by atoms with E-state index in [0.29, 0.717) is 0 Å². The second-order valence-electron chi connectivity index (χ2n) is 4.76. The van der Waals surface area contributed by atoms with Crippen molar-refractivity contribution in [3.63, 3.8) is 0 Å². The summed E-state index contributed by atoms with van der Waals surface area (Å²) in [6.07, 6.45) is 5.66. The normalized spacial score (nSPS) is 14.3. The largest absolute Gasteiger partial charge is 0.465 e.